The molecule has 0 radical (unpaired) electrons. The summed E-state index contributed by atoms with van der Waals surface area (Å²) in [6.45, 7) is -0.560. The second-order valence-corrected chi connectivity index (χ2v) is 7.74. The number of H-pyrrole nitrogens is 1. The van der Waals surface area contributed by atoms with E-state index in [0.717, 1.165) is 0 Å². The molecule has 0 saturated heterocycles. The molecular weight excluding hydrogens is 479 g/mol. The molecule has 0 saturated carbocycles. The minimum absolute atomic E-state index is 0.0323. The summed E-state index contributed by atoms with van der Waals surface area (Å²) in [5.74, 6) is -1.33. The number of hydrogen-bond acceptors (Lipinski definition) is 6. The van der Waals surface area contributed by atoms with Gasteiger partial charge in [-0.15, -0.1) is 0 Å². The number of aromatic nitrogens is 4. The van der Waals surface area contributed by atoms with Crippen LogP contribution in [0.4, 0.5) is 10.1 Å². The van der Waals surface area contributed by atoms with Crippen molar-refractivity contribution in [3.05, 3.63) is 110 Å². The molecular formula is C23H18ClFN6O4. The largest absolute Gasteiger partial charge is 0.436 e. The number of nitrogens with zero attached hydrogens (tertiary/aromatic N) is 4. The molecule has 2 heterocycles. The number of carbonyl (C=O) groups excluding carboxylic acids is 1. The smallest absolute Gasteiger partial charge is 0.335 e. The SMILES string of the molecule is NC(=O)Cn1c(=O)[nH]/c(=N\c2ccc(Oc3ncccc3F)cc2)n(Cc2ccc(Cl)cc2)c1=O. The van der Waals surface area contributed by atoms with E-state index in [1.165, 1.54) is 35.0 Å². The van der Waals surface area contributed by atoms with Gasteiger partial charge in [-0.3, -0.25) is 14.3 Å². The van der Waals surface area contributed by atoms with E-state index in [9.17, 15) is 18.8 Å². The van der Waals surface area contributed by atoms with Crippen LogP contribution in [0.3, 0.4) is 0 Å². The monoisotopic (exact) mass is 496 g/mol. The Morgan fingerprint density at radius 3 is 2.46 bits per heavy atom. The van der Waals surface area contributed by atoms with Crippen molar-refractivity contribution >= 4 is 23.2 Å². The molecule has 178 valence electrons. The number of aromatic amines is 1. The third-order valence-corrected chi connectivity index (χ3v) is 5.01. The fourth-order valence-corrected chi connectivity index (χ4v) is 3.25. The van der Waals surface area contributed by atoms with Crippen molar-refractivity contribution in [2.24, 2.45) is 10.7 Å². The molecule has 0 bridgehead atoms. The van der Waals surface area contributed by atoms with Crippen molar-refractivity contribution in [2.75, 3.05) is 0 Å². The van der Waals surface area contributed by atoms with Crippen molar-refractivity contribution < 1.29 is 13.9 Å². The number of primary amides is 1. The molecule has 2 aromatic carbocycles. The van der Waals surface area contributed by atoms with Gasteiger partial charge >= 0.3 is 11.4 Å². The zero-order valence-corrected chi connectivity index (χ0v) is 18.8. The molecule has 35 heavy (non-hydrogen) atoms. The van der Waals surface area contributed by atoms with Gasteiger partial charge in [0.25, 0.3) is 5.88 Å². The summed E-state index contributed by atoms with van der Waals surface area (Å²) in [5.41, 5.74) is 4.58. The zero-order chi connectivity index (χ0) is 24.9. The van der Waals surface area contributed by atoms with Crippen LogP contribution in [0.25, 0.3) is 0 Å². The van der Waals surface area contributed by atoms with Crippen molar-refractivity contribution in [3.8, 4) is 11.6 Å². The van der Waals surface area contributed by atoms with Gasteiger partial charge in [0.15, 0.2) is 5.82 Å². The highest BCUT2D eigenvalue weighted by Crippen LogP contribution is 2.24. The Balaban J connectivity index is 1.74. The third-order valence-electron chi connectivity index (χ3n) is 4.76. The highest BCUT2D eigenvalue weighted by Gasteiger charge is 2.12. The van der Waals surface area contributed by atoms with Crippen molar-refractivity contribution in [1.82, 2.24) is 19.1 Å². The van der Waals surface area contributed by atoms with Crippen LogP contribution in [-0.4, -0.2) is 25.0 Å². The minimum atomic E-state index is -0.847. The molecule has 1 amide bonds. The molecule has 0 aliphatic heterocycles. The molecule has 0 unspecified atom stereocenters. The van der Waals surface area contributed by atoms with Crippen molar-refractivity contribution in [3.63, 3.8) is 0 Å². The van der Waals surface area contributed by atoms with Gasteiger partial charge in [0.1, 0.15) is 12.3 Å². The summed E-state index contributed by atoms with van der Waals surface area (Å²) >= 11 is 5.94. The van der Waals surface area contributed by atoms with E-state index < -0.39 is 29.6 Å². The lowest BCUT2D eigenvalue weighted by Crippen LogP contribution is -2.51. The van der Waals surface area contributed by atoms with E-state index in [1.807, 2.05) is 0 Å². The molecule has 2 aromatic heterocycles. The summed E-state index contributed by atoms with van der Waals surface area (Å²) in [4.78, 5) is 47.6. The van der Waals surface area contributed by atoms with Gasteiger partial charge in [0.05, 0.1) is 12.2 Å². The Bertz CT molecular complexity index is 1560. The number of benzene rings is 2. The van der Waals surface area contributed by atoms with E-state index in [-0.39, 0.29) is 18.0 Å². The number of nitrogens with one attached hydrogen (secondary N) is 1. The predicted molar refractivity (Wildman–Crippen MR) is 125 cm³/mol. The number of halogens is 2. The summed E-state index contributed by atoms with van der Waals surface area (Å²) in [7, 11) is 0. The predicted octanol–water partition coefficient (Wildman–Crippen LogP) is 2.08. The zero-order valence-electron chi connectivity index (χ0n) is 18.0. The number of carbonyl (C=O) groups is 1. The first-order valence-electron chi connectivity index (χ1n) is 10.2. The molecule has 0 aliphatic rings. The Labute approximate surface area is 201 Å². The van der Waals surface area contributed by atoms with Crippen LogP contribution in [0, 0.1) is 5.82 Å². The number of rotatable bonds is 7. The molecule has 0 aliphatic carbocycles. The van der Waals surface area contributed by atoms with E-state index in [0.29, 0.717) is 26.6 Å². The lowest BCUT2D eigenvalue weighted by atomic mass is 10.2. The van der Waals surface area contributed by atoms with Crippen LogP contribution in [0.5, 0.6) is 11.6 Å². The summed E-state index contributed by atoms with van der Waals surface area (Å²) in [5, 5.41) is 0.518. The molecule has 12 heteroatoms. The number of hydrogen-bond donors (Lipinski definition) is 2. The van der Waals surface area contributed by atoms with Gasteiger partial charge in [0.2, 0.25) is 11.5 Å². The maximum absolute atomic E-state index is 13.8. The van der Waals surface area contributed by atoms with Crippen molar-refractivity contribution in [1.29, 1.82) is 0 Å². The Morgan fingerprint density at radius 1 is 1.09 bits per heavy atom. The van der Waals surface area contributed by atoms with Crippen LogP contribution in [0.1, 0.15) is 5.56 Å². The van der Waals surface area contributed by atoms with E-state index in [1.54, 1.807) is 36.4 Å². The van der Waals surface area contributed by atoms with Crippen molar-refractivity contribution in [2.45, 2.75) is 13.1 Å². The van der Waals surface area contributed by atoms with E-state index >= 15 is 0 Å². The topological polar surface area (TPSA) is 137 Å². The highest BCUT2D eigenvalue weighted by molar-refractivity contribution is 6.30. The van der Waals surface area contributed by atoms with Crippen LogP contribution >= 0.6 is 11.6 Å². The van der Waals surface area contributed by atoms with Gasteiger partial charge in [-0.2, -0.15) is 0 Å². The number of amides is 1. The van der Waals surface area contributed by atoms with E-state index in [4.69, 9.17) is 22.1 Å². The highest BCUT2D eigenvalue weighted by atomic mass is 35.5. The number of nitrogens with two attached hydrogens (primary N) is 1. The Morgan fingerprint density at radius 2 is 1.80 bits per heavy atom. The molecule has 10 nitrogen and oxygen atoms in total. The van der Waals surface area contributed by atoms with Crippen LogP contribution in [0.15, 0.2) is 81.4 Å². The third kappa shape index (κ3) is 5.71. The van der Waals surface area contributed by atoms with Gasteiger partial charge in [-0.1, -0.05) is 23.7 Å². The fraction of sp³-hybridized carbons (Fsp3) is 0.0870. The average Bonchev–Trinajstić information content (AvgIpc) is 2.83. The summed E-state index contributed by atoms with van der Waals surface area (Å²) < 4.78 is 21.1. The summed E-state index contributed by atoms with van der Waals surface area (Å²) in [6, 6.07) is 15.6. The van der Waals surface area contributed by atoms with Crippen LogP contribution in [0.2, 0.25) is 5.02 Å². The van der Waals surface area contributed by atoms with Gasteiger partial charge in [-0.05, 0) is 54.1 Å². The Hall–Kier alpha value is -4.51. The number of ether oxygens (including phenoxy) is 1. The lowest BCUT2D eigenvalue weighted by molar-refractivity contribution is -0.118. The van der Waals surface area contributed by atoms with Gasteiger partial charge in [-0.25, -0.2) is 28.5 Å². The van der Waals surface area contributed by atoms with Gasteiger partial charge in [0, 0.05) is 11.2 Å². The molecule has 4 rings (SSSR count). The Kier molecular flexibility index (Phi) is 6.88. The first kappa shape index (κ1) is 23.6. The van der Waals surface area contributed by atoms with Crippen LogP contribution in [-0.2, 0) is 17.9 Å². The molecule has 4 aromatic rings. The molecule has 0 spiro atoms. The first-order valence-corrected chi connectivity index (χ1v) is 10.6. The molecule has 0 atom stereocenters. The number of pyridine rings is 1. The maximum Gasteiger partial charge on any atom is 0.335 e. The fourth-order valence-electron chi connectivity index (χ4n) is 3.12. The summed E-state index contributed by atoms with van der Waals surface area (Å²) in [6.07, 6.45) is 1.40. The van der Waals surface area contributed by atoms with Gasteiger partial charge < -0.3 is 10.5 Å². The molecule has 3 N–H and O–H groups in total. The molecule has 0 fully saturated rings. The first-order chi connectivity index (χ1) is 16.8. The quantitative estimate of drug-likeness (QED) is 0.403. The standard InChI is InChI=1S/C23H18ClFN6O4/c24-15-5-3-14(4-6-15)12-30-21(29-22(33)31(23(30)34)13-19(26)32)28-16-7-9-17(10-8-16)35-20-18(25)2-1-11-27-20/h1-11H,12-13H2,(H2,26,32)(H,28,29,33). The van der Waals surface area contributed by atoms with Crippen LogP contribution < -0.4 is 27.5 Å². The normalized spacial score (nSPS) is 11.4. The lowest BCUT2D eigenvalue weighted by Gasteiger charge is -2.10. The maximum atomic E-state index is 13.8. The second-order valence-electron chi connectivity index (χ2n) is 7.30. The minimum Gasteiger partial charge on any atom is -0.436 e. The van der Waals surface area contributed by atoms with E-state index in [2.05, 4.69) is 15.0 Å². The second kappa shape index (κ2) is 10.2. The average molecular weight is 497 g/mol.